The Morgan fingerprint density at radius 2 is 1.96 bits per heavy atom. The first kappa shape index (κ1) is 17.0. The lowest BCUT2D eigenvalue weighted by Crippen LogP contribution is -2.48. The number of carbonyl (C=O) groups excluding carboxylic acids is 1. The second kappa shape index (κ2) is 6.99. The molecule has 24 heavy (non-hydrogen) atoms. The summed E-state index contributed by atoms with van der Waals surface area (Å²) in [6, 6.07) is 9.93. The Morgan fingerprint density at radius 3 is 2.62 bits per heavy atom. The van der Waals surface area contributed by atoms with Gasteiger partial charge in [0.05, 0.1) is 11.4 Å². The number of benzene rings is 1. The van der Waals surface area contributed by atoms with Crippen LogP contribution < -0.4 is 5.32 Å². The van der Waals surface area contributed by atoms with Crippen LogP contribution in [-0.4, -0.2) is 37.9 Å². The van der Waals surface area contributed by atoms with Gasteiger partial charge in [0.15, 0.2) is 0 Å². The van der Waals surface area contributed by atoms with Gasteiger partial charge >= 0.3 is 0 Å². The van der Waals surface area contributed by atoms with Crippen molar-refractivity contribution in [3.63, 3.8) is 0 Å². The zero-order valence-electron chi connectivity index (χ0n) is 14.1. The topological polar surface area (TPSA) is 67.2 Å². The molecule has 0 bridgehead atoms. The largest absolute Gasteiger partial charge is 0.380 e. The third kappa shape index (κ3) is 3.35. The molecule has 1 aromatic heterocycles. The number of carbonyl (C=O) groups is 1. The monoisotopic (exact) mass is 345 g/mol. The highest BCUT2D eigenvalue weighted by Gasteiger charge is 2.37. The average Bonchev–Trinajstić information content (AvgIpc) is 2.88. The molecule has 3 rings (SSSR count). The molecule has 1 aromatic carbocycles. The quantitative estimate of drug-likeness (QED) is 0.893. The zero-order chi connectivity index (χ0) is 17.2. The molecule has 0 spiro atoms. The SMILES string of the molecule is Cc1nn(-c2ccccc2)c(C)c1CNC(=O)C1(O)CCSCC1. The summed E-state index contributed by atoms with van der Waals surface area (Å²) in [5.41, 5.74) is 2.68. The van der Waals surface area contributed by atoms with Crippen molar-refractivity contribution in [2.75, 3.05) is 11.5 Å². The molecule has 0 atom stereocenters. The fourth-order valence-electron chi connectivity index (χ4n) is 3.02. The number of para-hydroxylation sites is 1. The smallest absolute Gasteiger partial charge is 0.252 e. The molecule has 0 radical (unpaired) electrons. The van der Waals surface area contributed by atoms with E-state index < -0.39 is 5.60 Å². The van der Waals surface area contributed by atoms with Gasteiger partial charge in [0.2, 0.25) is 0 Å². The first-order chi connectivity index (χ1) is 11.5. The number of nitrogens with zero attached hydrogens (tertiary/aromatic N) is 2. The molecule has 1 fully saturated rings. The first-order valence-corrected chi connectivity index (χ1v) is 9.36. The number of hydrogen-bond acceptors (Lipinski definition) is 4. The van der Waals surface area contributed by atoms with Gasteiger partial charge in [0.25, 0.3) is 5.91 Å². The second-order valence-electron chi connectivity index (χ2n) is 6.22. The van der Waals surface area contributed by atoms with E-state index in [1.165, 1.54) is 0 Å². The van der Waals surface area contributed by atoms with Crippen molar-refractivity contribution >= 4 is 17.7 Å². The Balaban J connectivity index is 1.74. The Hall–Kier alpha value is -1.79. The molecule has 1 amide bonds. The maximum atomic E-state index is 12.4. The fourth-order valence-corrected chi connectivity index (χ4v) is 4.19. The summed E-state index contributed by atoms with van der Waals surface area (Å²) in [5, 5.41) is 18.0. The highest BCUT2D eigenvalue weighted by molar-refractivity contribution is 7.99. The van der Waals surface area contributed by atoms with Gasteiger partial charge in [-0.05, 0) is 50.3 Å². The molecule has 128 valence electrons. The van der Waals surface area contributed by atoms with Crippen LogP contribution in [0.25, 0.3) is 5.69 Å². The number of amides is 1. The predicted octanol–water partition coefficient (Wildman–Crippen LogP) is 2.36. The Labute approximate surface area is 146 Å². The molecule has 1 saturated heterocycles. The summed E-state index contributed by atoms with van der Waals surface area (Å²) in [6.07, 6.45) is 1.04. The molecule has 2 N–H and O–H groups in total. The van der Waals surface area contributed by atoms with Crippen LogP contribution in [-0.2, 0) is 11.3 Å². The van der Waals surface area contributed by atoms with Crippen LogP contribution in [0.3, 0.4) is 0 Å². The lowest BCUT2D eigenvalue weighted by Gasteiger charge is -2.30. The number of aliphatic hydroxyl groups is 1. The maximum Gasteiger partial charge on any atom is 0.252 e. The van der Waals surface area contributed by atoms with Crippen molar-refractivity contribution in [2.45, 2.75) is 38.8 Å². The van der Waals surface area contributed by atoms with E-state index in [2.05, 4.69) is 10.4 Å². The minimum absolute atomic E-state index is 0.269. The van der Waals surface area contributed by atoms with Crippen LogP contribution in [0.15, 0.2) is 30.3 Å². The van der Waals surface area contributed by atoms with E-state index in [4.69, 9.17) is 0 Å². The van der Waals surface area contributed by atoms with Crippen molar-refractivity contribution in [1.82, 2.24) is 15.1 Å². The van der Waals surface area contributed by atoms with Gasteiger partial charge in [-0.2, -0.15) is 16.9 Å². The third-order valence-corrected chi connectivity index (χ3v) is 5.60. The molecule has 1 aliphatic heterocycles. The molecule has 2 heterocycles. The molecule has 0 unspecified atom stereocenters. The third-order valence-electron chi connectivity index (χ3n) is 4.61. The van der Waals surface area contributed by atoms with Gasteiger partial charge in [-0.3, -0.25) is 4.79 Å². The van der Waals surface area contributed by atoms with Gasteiger partial charge in [0.1, 0.15) is 5.60 Å². The zero-order valence-corrected chi connectivity index (χ0v) is 14.9. The second-order valence-corrected chi connectivity index (χ2v) is 7.45. The highest BCUT2D eigenvalue weighted by Crippen LogP contribution is 2.27. The van der Waals surface area contributed by atoms with Gasteiger partial charge in [-0.1, -0.05) is 18.2 Å². The van der Waals surface area contributed by atoms with E-state index in [9.17, 15) is 9.90 Å². The Kier molecular flexibility index (Phi) is 4.96. The predicted molar refractivity (Wildman–Crippen MR) is 96.4 cm³/mol. The Morgan fingerprint density at radius 1 is 1.29 bits per heavy atom. The summed E-state index contributed by atoms with van der Waals surface area (Å²) in [5.74, 6) is 1.39. The van der Waals surface area contributed by atoms with Gasteiger partial charge in [0, 0.05) is 17.8 Å². The van der Waals surface area contributed by atoms with Gasteiger partial charge < -0.3 is 10.4 Å². The number of aromatic nitrogens is 2. The first-order valence-electron chi connectivity index (χ1n) is 8.20. The van der Waals surface area contributed by atoms with E-state index in [-0.39, 0.29) is 5.91 Å². The molecule has 6 heteroatoms. The number of aryl methyl sites for hydroxylation is 1. The average molecular weight is 345 g/mol. The molecule has 2 aromatic rings. The lowest BCUT2D eigenvalue weighted by molar-refractivity contribution is -0.140. The minimum atomic E-state index is -1.22. The molecular weight excluding hydrogens is 322 g/mol. The molecule has 1 aliphatic rings. The standard InChI is InChI=1S/C18H23N3O2S/c1-13-16(12-19-17(22)18(23)8-10-24-11-9-18)14(2)21(20-13)15-6-4-3-5-7-15/h3-7,23H,8-12H2,1-2H3,(H,19,22). The van der Waals surface area contributed by atoms with E-state index in [1.807, 2.05) is 48.9 Å². The highest BCUT2D eigenvalue weighted by atomic mass is 32.2. The molecule has 5 nitrogen and oxygen atoms in total. The Bertz CT molecular complexity index is 721. The van der Waals surface area contributed by atoms with Crippen LogP contribution in [0.1, 0.15) is 29.8 Å². The lowest BCUT2D eigenvalue weighted by atomic mass is 9.95. The summed E-state index contributed by atoms with van der Waals surface area (Å²) in [7, 11) is 0. The van der Waals surface area contributed by atoms with E-state index in [0.717, 1.165) is 34.1 Å². The number of hydrogen-bond donors (Lipinski definition) is 2. The fraction of sp³-hybridized carbons (Fsp3) is 0.444. The van der Waals surface area contributed by atoms with E-state index in [1.54, 1.807) is 11.8 Å². The van der Waals surface area contributed by atoms with Crippen molar-refractivity contribution in [1.29, 1.82) is 0 Å². The van der Waals surface area contributed by atoms with Crippen LogP contribution in [0.2, 0.25) is 0 Å². The van der Waals surface area contributed by atoms with E-state index >= 15 is 0 Å². The molecule has 0 saturated carbocycles. The van der Waals surface area contributed by atoms with Crippen LogP contribution in [0.5, 0.6) is 0 Å². The van der Waals surface area contributed by atoms with Crippen molar-refractivity contribution in [2.24, 2.45) is 0 Å². The van der Waals surface area contributed by atoms with E-state index in [0.29, 0.717) is 19.4 Å². The number of nitrogens with one attached hydrogen (secondary N) is 1. The summed E-state index contributed by atoms with van der Waals surface area (Å²) >= 11 is 1.78. The summed E-state index contributed by atoms with van der Waals surface area (Å²) in [6.45, 7) is 4.33. The van der Waals surface area contributed by atoms with Gasteiger partial charge in [-0.15, -0.1) is 0 Å². The van der Waals surface area contributed by atoms with Crippen LogP contribution >= 0.6 is 11.8 Å². The van der Waals surface area contributed by atoms with Crippen LogP contribution in [0.4, 0.5) is 0 Å². The normalized spacial score (nSPS) is 16.8. The van der Waals surface area contributed by atoms with Crippen molar-refractivity contribution < 1.29 is 9.90 Å². The minimum Gasteiger partial charge on any atom is -0.380 e. The molecular formula is C18H23N3O2S. The van der Waals surface area contributed by atoms with Crippen molar-refractivity contribution in [3.05, 3.63) is 47.3 Å². The van der Waals surface area contributed by atoms with Gasteiger partial charge in [-0.25, -0.2) is 4.68 Å². The summed E-state index contributed by atoms with van der Waals surface area (Å²) in [4.78, 5) is 12.4. The van der Waals surface area contributed by atoms with Crippen LogP contribution in [0, 0.1) is 13.8 Å². The number of thioether (sulfide) groups is 1. The molecule has 0 aliphatic carbocycles. The maximum absolute atomic E-state index is 12.4. The number of rotatable bonds is 4. The van der Waals surface area contributed by atoms with Crippen molar-refractivity contribution in [3.8, 4) is 5.69 Å². The summed E-state index contributed by atoms with van der Waals surface area (Å²) < 4.78 is 1.89.